The Balaban J connectivity index is 1.07. The minimum Gasteiger partial charge on any atom is -0.464 e. The Morgan fingerprint density at radius 1 is 1.04 bits per heavy atom. The highest BCUT2D eigenvalue weighted by atomic mass is 32.2. The normalized spacial score (nSPS) is 29.4. The molecule has 364 valence electrons. The monoisotopic (exact) mass is 967 g/mol. The standard InChI is InChI=1S/C50H65N9O7S2/c1-28-29(2)40(28)45(60)53-42-44(56-25-50(26-56)16-19-58(50)68(7,63)64)46-52-38(24-67-46)31-12-15-39-35(20-31)36(21-49(4,5)27-66-48(62)37-11-9-18-57(54-37)47(42)61)43(34-10-8-17-51-41(34)30(3)65-6)59(39)33-22-55(23-33)32-13-14-32/h8,10,12,15,17,20,24,28-30,32-33,37,40,42,44,54H,9,11,13-14,16,18-19,21-23,25-27H2,1-7H3,(H,53,60)/t28-,29+,30-,37-,40?,42-,44-/m0/s1. The highest BCUT2D eigenvalue weighted by Gasteiger charge is 2.60. The van der Waals surface area contributed by atoms with E-state index in [0.29, 0.717) is 62.9 Å². The van der Waals surface area contributed by atoms with Crippen molar-refractivity contribution in [2.45, 2.75) is 115 Å². The number of methoxy groups -OCH3 is 1. The average Bonchev–Trinajstić information content (AvgIpc) is 4.11. The second kappa shape index (κ2) is 16.9. The number of nitrogens with one attached hydrogen (secondary N) is 2. The smallest absolute Gasteiger partial charge is 0.324 e. The van der Waals surface area contributed by atoms with Crippen LogP contribution in [0.15, 0.2) is 41.9 Å². The lowest BCUT2D eigenvalue weighted by molar-refractivity contribution is -0.157. The van der Waals surface area contributed by atoms with Gasteiger partial charge in [-0.3, -0.25) is 34.2 Å². The summed E-state index contributed by atoms with van der Waals surface area (Å²) in [6.45, 7) is 14.0. The summed E-state index contributed by atoms with van der Waals surface area (Å²) in [6.07, 6.45) is 7.63. The zero-order valence-corrected chi connectivity index (χ0v) is 41.9. The van der Waals surface area contributed by atoms with Crippen LogP contribution in [0.3, 0.4) is 0 Å². The van der Waals surface area contributed by atoms with Gasteiger partial charge in [0, 0.05) is 97.4 Å². The van der Waals surface area contributed by atoms with Crippen molar-refractivity contribution in [3.63, 3.8) is 0 Å². The number of carbonyl (C=O) groups is 3. The Hall–Kier alpha value is -4.30. The number of hydrogen-bond acceptors (Lipinski definition) is 13. The van der Waals surface area contributed by atoms with Crippen molar-refractivity contribution in [2.75, 3.05) is 59.2 Å². The SMILES string of the molecule is CO[C@@H](C)c1ncccc1-c1c2c3cc(ccc3n1C1CN(C3CC3)C1)-c1csc(n1)[C@@H](N1CC3(CCN3S(C)(=O)=O)C1)[C@H](NC(=O)C1[C@@H](C)[C@H]1C)C(=O)N1CCC[C@H](N1)C(=O)OCC(C)(C)C2. The van der Waals surface area contributed by atoms with Crippen LogP contribution in [0.1, 0.15) is 101 Å². The molecule has 2 saturated carbocycles. The number of fused-ring (bicyclic) bond motifs is 6. The maximum absolute atomic E-state index is 15.2. The van der Waals surface area contributed by atoms with Crippen molar-refractivity contribution in [1.29, 1.82) is 0 Å². The number of likely N-dealkylation sites (tertiary alicyclic amines) is 2. The lowest BCUT2D eigenvalue weighted by Gasteiger charge is -2.63. The number of benzene rings is 1. The highest BCUT2D eigenvalue weighted by molar-refractivity contribution is 7.88. The van der Waals surface area contributed by atoms with Crippen LogP contribution in [0.4, 0.5) is 0 Å². The molecule has 5 aliphatic heterocycles. The summed E-state index contributed by atoms with van der Waals surface area (Å²) in [6, 6.07) is 9.05. The molecular formula is C50H65N9O7S2. The molecule has 16 nitrogen and oxygen atoms in total. The molecule has 18 heteroatoms. The Morgan fingerprint density at radius 3 is 2.49 bits per heavy atom. The predicted molar refractivity (Wildman–Crippen MR) is 259 cm³/mol. The van der Waals surface area contributed by atoms with Gasteiger partial charge in [-0.1, -0.05) is 33.8 Å². The lowest BCUT2D eigenvalue weighted by atomic mass is 9.78. The highest BCUT2D eigenvalue weighted by Crippen LogP contribution is 2.50. The number of carbonyl (C=O) groups excluding carboxylic acids is 3. The summed E-state index contributed by atoms with van der Waals surface area (Å²) < 4.78 is 42.2. The maximum Gasteiger partial charge on any atom is 0.324 e. The number of ether oxygens (including phenoxy) is 2. The molecule has 4 aromatic rings. The van der Waals surface area contributed by atoms with Crippen molar-refractivity contribution >= 4 is 50.0 Å². The summed E-state index contributed by atoms with van der Waals surface area (Å²) in [5, 5.41) is 8.48. The fourth-order valence-corrected chi connectivity index (χ4v) is 14.3. The number of pyridine rings is 1. The van der Waals surface area contributed by atoms with Crippen LogP contribution < -0.4 is 10.7 Å². The maximum atomic E-state index is 15.2. The number of amides is 2. The van der Waals surface area contributed by atoms with Gasteiger partial charge in [0.25, 0.3) is 5.91 Å². The number of hydrogen-bond donors (Lipinski definition) is 2. The van der Waals surface area contributed by atoms with Gasteiger partial charge in [-0.05, 0) is 87.1 Å². The lowest BCUT2D eigenvalue weighted by Crippen LogP contribution is -2.78. The number of hydrazine groups is 1. The van der Waals surface area contributed by atoms with Gasteiger partial charge in [0.05, 0.1) is 53.7 Å². The zero-order valence-electron chi connectivity index (χ0n) is 40.2. The third kappa shape index (κ3) is 7.99. The van der Waals surface area contributed by atoms with Gasteiger partial charge < -0.3 is 19.4 Å². The van der Waals surface area contributed by atoms with Crippen LogP contribution in [-0.4, -0.2) is 143 Å². The summed E-state index contributed by atoms with van der Waals surface area (Å²) in [7, 11) is -1.75. The third-order valence-corrected chi connectivity index (χ3v) is 18.7. The Bertz CT molecular complexity index is 2770. The first-order valence-corrected chi connectivity index (χ1v) is 27.3. The van der Waals surface area contributed by atoms with Crippen LogP contribution in [-0.2, 0) is 40.3 Å². The fourth-order valence-electron chi connectivity index (χ4n) is 12.0. The van der Waals surface area contributed by atoms with Gasteiger partial charge >= 0.3 is 5.97 Å². The van der Waals surface area contributed by atoms with Gasteiger partial charge in [-0.15, -0.1) is 11.3 Å². The molecular weight excluding hydrogens is 903 g/mol. The summed E-state index contributed by atoms with van der Waals surface area (Å²) >= 11 is 1.45. The molecule has 68 heavy (non-hydrogen) atoms. The van der Waals surface area contributed by atoms with Crippen LogP contribution in [0.25, 0.3) is 33.4 Å². The minimum atomic E-state index is -3.47. The predicted octanol–water partition coefficient (Wildman–Crippen LogP) is 5.32. The molecule has 2 aliphatic carbocycles. The molecule has 1 spiro atoms. The fraction of sp³-hybridized carbons (Fsp3) is 0.620. The average molecular weight is 968 g/mol. The molecule has 7 atom stereocenters. The Labute approximate surface area is 403 Å². The molecule has 8 heterocycles. The molecule has 1 aromatic carbocycles. The molecule has 6 fully saturated rings. The van der Waals surface area contributed by atoms with Crippen LogP contribution in [0, 0.1) is 23.2 Å². The summed E-state index contributed by atoms with van der Waals surface area (Å²) in [4.78, 5) is 58.6. The van der Waals surface area contributed by atoms with E-state index in [1.54, 1.807) is 11.4 Å². The zero-order chi connectivity index (χ0) is 47.6. The molecule has 4 saturated heterocycles. The number of cyclic esters (lactones) is 1. The Morgan fingerprint density at radius 2 is 1.81 bits per heavy atom. The van der Waals surface area contributed by atoms with Crippen molar-refractivity contribution in [3.05, 3.63) is 58.2 Å². The summed E-state index contributed by atoms with van der Waals surface area (Å²) in [5.74, 6) is -0.905. The van der Waals surface area contributed by atoms with Crippen molar-refractivity contribution in [1.82, 2.24) is 44.4 Å². The molecule has 3 aromatic heterocycles. The summed E-state index contributed by atoms with van der Waals surface area (Å²) in [5.41, 5.74) is 9.03. The second-order valence-corrected chi connectivity index (χ2v) is 24.6. The van der Waals surface area contributed by atoms with Crippen LogP contribution in [0.5, 0.6) is 0 Å². The number of thiazole rings is 1. The van der Waals surface area contributed by atoms with Crippen LogP contribution in [0.2, 0.25) is 0 Å². The first-order valence-electron chi connectivity index (χ1n) is 24.6. The molecule has 0 radical (unpaired) electrons. The number of esters is 1. The largest absolute Gasteiger partial charge is 0.464 e. The number of aromatic nitrogens is 3. The minimum absolute atomic E-state index is 0.145. The van der Waals surface area contributed by atoms with E-state index in [9.17, 15) is 18.0 Å². The first kappa shape index (κ1) is 46.1. The van der Waals surface area contributed by atoms with E-state index in [1.165, 1.54) is 35.4 Å². The number of sulfonamides is 1. The van der Waals surface area contributed by atoms with E-state index in [4.69, 9.17) is 19.4 Å². The number of rotatable bonds is 9. The van der Waals surface area contributed by atoms with E-state index < -0.39 is 45.1 Å². The van der Waals surface area contributed by atoms with E-state index >= 15 is 4.79 Å². The molecule has 2 amide bonds. The van der Waals surface area contributed by atoms with E-state index in [2.05, 4.69) is 77.1 Å². The van der Waals surface area contributed by atoms with E-state index in [0.717, 1.165) is 57.8 Å². The first-order chi connectivity index (χ1) is 32.4. The van der Waals surface area contributed by atoms with Crippen molar-refractivity contribution < 1.29 is 32.3 Å². The molecule has 2 N–H and O–H groups in total. The molecule has 7 aliphatic rings. The number of nitrogens with zero attached hydrogens (tertiary/aromatic N) is 7. The van der Waals surface area contributed by atoms with Gasteiger partial charge in [0.2, 0.25) is 15.9 Å². The van der Waals surface area contributed by atoms with E-state index in [1.807, 2.05) is 24.6 Å². The van der Waals surface area contributed by atoms with Gasteiger partial charge in [0.1, 0.15) is 17.1 Å². The van der Waals surface area contributed by atoms with Crippen molar-refractivity contribution in [3.8, 4) is 22.5 Å². The molecule has 1 unspecified atom stereocenters. The van der Waals surface area contributed by atoms with Crippen LogP contribution >= 0.6 is 11.3 Å². The van der Waals surface area contributed by atoms with E-state index in [-0.39, 0.29) is 48.3 Å². The Kier molecular flexibility index (Phi) is 11.5. The topological polar surface area (TPSA) is 172 Å². The van der Waals surface area contributed by atoms with Crippen molar-refractivity contribution in [2.24, 2.45) is 23.2 Å². The third-order valence-electron chi connectivity index (χ3n) is 16.4. The molecule has 6 bridgehead atoms. The van der Waals surface area contributed by atoms with Gasteiger partial charge in [-0.25, -0.2) is 18.8 Å². The quantitative estimate of drug-likeness (QED) is 0.207. The van der Waals surface area contributed by atoms with Gasteiger partial charge in [-0.2, -0.15) is 4.31 Å². The second-order valence-electron chi connectivity index (χ2n) is 21.8. The van der Waals surface area contributed by atoms with Gasteiger partial charge in [0.15, 0.2) is 0 Å². The molecule has 11 rings (SSSR count).